The number of amides is 1. The van der Waals surface area contributed by atoms with Crippen LogP contribution in [0.5, 0.6) is 0 Å². The molecular weight excluding hydrogens is 446 g/mol. The number of carbonyl (C=O) groups excluding carboxylic acids is 1. The molecule has 0 radical (unpaired) electrons. The van der Waals surface area contributed by atoms with Crippen LogP contribution in [0.4, 0.5) is 0 Å². The predicted molar refractivity (Wildman–Crippen MR) is 158 cm³/mol. The first-order valence-corrected chi connectivity index (χ1v) is 15.5. The molecule has 0 aliphatic heterocycles. The minimum absolute atomic E-state index is 0.267. The van der Waals surface area contributed by atoms with Gasteiger partial charge >= 0.3 is 5.97 Å². The quantitative estimate of drug-likeness (QED) is 0.0983. The lowest BCUT2D eigenvalue weighted by molar-refractivity contribution is -0.137. The molecule has 4 heteroatoms. The average molecular weight is 510 g/mol. The molecule has 0 aromatic carbocycles. The van der Waals surface area contributed by atoms with E-state index in [0.29, 0.717) is 6.42 Å². The highest BCUT2D eigenvalue weighted by Crippen LogP contribution is 2.11. The predicted octanol–water partition coefficient (Wildman–Crippen LogP) is 10.1. The molecule has 0 fully saturated rings. The van der Waals surface area contributed by atoms with Crippen LogP contribution in [0.15, 0.2) is 12.2 Å². The van der Waals surface area contributed by atoms with Crippen LogP contribution in [-0.2, 0) is 9.59 Å². The van der Waals surface area contributed by atoms with E-state index in [0.717, 1.165) is 25.7 Å². The molecule has 36 heavy (non-hydrogen) atoms. The van der Waals surface area contributed by atoms with Crippen LogP contribution in [0.2, 0.25) is 0 Å². The molecule has 1 N–H and O–H groups in total. The number of allylic oxidation sites excluding steroid dienone is 2. The third-order valence-corrected chi connectivity index (χ3v) is 6.65. The number of carboxylic acid groups (broad SMARTS) is 1. The van der Waals surface area contributed by atoms with Crippen molar-refractivity contribution in [1.82, 2.24) is 4.90 Å². The van der Waals surface area contributed by atoms with Crippen LogP contribution in [0.25, 0.3) is 0 Å². The van der Waals surface area contributed by atoms with Crippen LogP contribution < -0.4 is 0 Å². The van der Waals surface area contributed by atoms with Gasteiger partial charge in [-0.25, -0.2) is 0 Å². The van der Waals surface area contributed by atoms with Crippen molar-refractivity contribution in [3.63, 3.8) is 0 Å². The summed E-state index contributed by atoms with van der Waals surface area (Å²) in [5.41, 5.74) is 0. The Morgan fingerprint density at radius 3 is 1.22 bits per heavy atom. The van der Waals surface area contributed by atoms with Gasteiger partial charge in [-0.2, -0.15) is 0 Å². The van der Waals surface area contributed by atoms with Gasteiger partial charge < -0.3 is 10.0 Å². The second kappa shape index (κ2) is 31.7. The summed E-state index contributed by atoms with van der Waals surface area (Å²) >= 11 is 0. The highest BCUT2D eigenvalue weighted by Gasteiger charge is 2.02. The molecule has 0 heterocycles. The summed E-state index contributed by atoms with van der Waals surface area (Å²) in [6, 6.07) is 0. The monoisotopic (exact) mass is 509 g/mol. The zero-order valence-electron chi connectivity index (χ0n) is 24.8. The maximum atomic E-state index is 11.3. The Balaban J connectivity index is 0. The van der Waals surface area contributed by atoms with Crippen molar-refractivity contribution in [2.24, 2.45) is 0 Å². The van der Waals surface area contributed by atoms with E-state index in [9.17, 15) is 9.59 Å². The summed E-state index contributed by atoms with van der Waals surface area (Å²) in [6.07, 6.45) is 33.8. The Morgan fingerprint density at radius 2 is 0.861 bits per heavy atom. The first-order chi connectivity index (χ1) is 17.5. The zero-order chi connectivity index (χ0) is 27.1. The minimum atomic E-state index is -0.664. The lowest BCUT2D eigenvalue weighted by Gasteiger charge is -2.09. The van der Waals surface area contributed by atoms with Gasteiger partial charge in [-0.3, -0.25) is 9.59 Å². The Bertz CT molecular complexity index is 488. The van der Waals surface area contributed by atoms with Crippen molar-refractivity contribution in [2.45, 2.75) is 168 Å². The highest BCUT2D eigenvalue weighted by atomic mass is 16.4. The lowest BCUT2D eigenvalue weighted by atomic mass is 10.1. The topological polar surface area (TPSA) is 57.6 Å². The van der Waals surface area contributed by atoms with Gasteiger partial charge in [-0.05, 0) is 38.5 Å². The van der Waals surface area contributed by atoms with E-state index in [1.165, 1.54) is 122 Å². The number of unbranched alkanes of at least 4 members (excludes halogenated alkanes) is 19. The summed E-state index contributed by atoms with van der Waals surface area (Å²) in [6.45, 7) is 4.51. The third-order valence-electron chi connectivity index (χ3n) is 6.65. The van der Waals surface area contributed by atoms with Gasteiger partial charge in [0.05, 0.1) is 0 Å². The Labute approximate surface area is 225 Å². The number of carboxylic acids is 1. The number of rotatable bonds is 25. The maximum absolute atomic E-state index is 11.3. The van der Waals surface area contributed by atoms with E-state index in [1.54, 1.807) is 4.90 Å². The van der Waals surface area contributed by atoms with E-state index >= 15 is 0 Å². The molecule has 0 rings (SSSR count). The lowest BCUT2D eigenvalue weighted by Crippen LogP contribution is -2.20. The van der Waals surface area contributed by atoms with Gasteiger partial charge in [-0.15, -0.1) is 0 Å². The van der Waals surface area contributed by atoms with Gasteiger partial charge in [0.25, 0.3) is 0 Å². The molecular formula is C32H63NO3. The molecule has 0 saturated heterocycles. The van der Waals surface area contributed by atoms with E-state index in [2.05, 4.69) is 26.0 Å². The second-order valence-corrected chi connectivity index (χ2v) is 10.6. The van der Waals surface area contributed by atoms with Crippen molar-refractivity contribution in [3.05, 3.63) is 12.2 Å². The summed E-state index contributed by atoms with van der Waals surface area (Å²) in [5.74, 6) is -0.398. The van der Waals surface area contributed by atoms with Crippen molar-refractivity contribution in [1.29, 1.82) is 0 Å². The van der Waals surface area contributed by atoms with Crippen molar-refractivity contribution in [3.8, 4) is 0 Å². The standard InChI is InChI=1S/C18H34O2.C14H29NO/c1-2-3-4-5-6-7-8-9-10-11-12-13-14-15-16-17-18(19)20;1-4-5-6-7-8-9-10-11-12-13-14(16)15(2)3/h9-10H,2-8,11-17H2,1H3,(H,19,20);4-13H2,1-3H3. The molecule has 0 unspecified atom stereocenters. The van der Waals surface area contributed by atoms with Crippen LogP contribution in [0.1, 0.15) is 168 Å². The molecule has 0 atom stereocenters. The molecule has 0 spiro atoms. The number of hydrogen-bond donors (Lipinski definition) is 1. The van der Waals surface area contributed by atoms with Gasteiger partial charge in [0.1, 0.15) is 0 Å². The summed E-state index contributed by atoms with van der Waals surface area (Å²) < 4.78 is 0. The molecule has 1 amide bonds. The highest BCUT2D eigenvalue weighted by molar-refractivity contribution is 5.75. The number of aliphatic carboxylic acids is 1. The first kappa shape index (κ1) is 36.8. The molecule has 4 nitrogen and oxygen atoms in total. The first-order valence-electron chi connectivity index (χ1n) is 15.5. The molecule has 0 aliphatic rings. The second-order valence-electron chi connectivity index (χ2n) is 10.6. The average Bonchev–Trinajstić information content (AvgIpc) is 2.85. The third kappa shape index (κ3) is 34.8. The van der Waals surface area contributed by atoms with E-state index in [1.807, 2.05) is 14.1 Å². The van der Waals surface area contributed by atoms with E-state index in [-0.39, 0.29) is 5.91 Å². The van der Waals surface area contributed by atoms with Crippen molar-refractivity contribution < 1.29 is 14.7 Å². The molecule has 214 valence electrons. The van der Waals surface area contributed by atoms with Gasteiger partial charge in [0, 0.05) is 26.9 Å². The summed E-state index contributed by atoms with van der Waals surface area (Å²) in [5, 5.41) is 8.51. The number of carbonyl (C=O) groups is 2. The fraction of sp³-hybridized carbons (Fsp3) is 0.875. The van der Waals surface area contributed by atoms with E-state index in [4.69, 9.17) is 5.11 Å². The molecule has 0 aromatic heterocycles. The number of nitrogens with zero attached hydrogens (tertiary/aromatic N) is 1. The maximum Gasteiger partial charge on any atom is 0.303 e. The van der Waals surface area contributed by atoms with Crippen LogP contribution in [0, 0.1) is 0 Å². The van der Waals surface area contributed by atoms with Gasteiger partial charge in [-0.1, -0.05) is 129 Å². The zero-order valence-corrected chi connectivity index (χ0v) is 24.8. The van der Waals surface area contributed by atoms with E-state index < -0.39 is 5.97 Å². The van der Waals surface area contributed by atoms with Crippen LogP contribution in [0.3, 0.4) is 0 Å². The van der Waals surface area contributed by atoms with Crippen LogP contribution >= 0.6 is 0 Å². The molecule has 0 saturated carbocycles. The Kier molecular flexibility index (Phi) is 32.4. The smallest absolute Gasteiger partial charge is 0.303 e. The van der Waals surface area contributed by atoms with Gasteiger partial charge in [0.2, 0.25) is 5.91 Å². The molecule has 0 bridgehead atoms. The molecule has 0 aromatic rings. The normalized spacial score (nSPS) is 10.9. The Morgan fingerprint density at radius 1 is 0.528 bits per heavy atom. The van der Waals surface area contributed by atoms with Gasteiger partial charge in [0.15, 0.2) is 0 Å². The largest absolute Gasteiger partial charge is 0.481 e. The Hall–Kier alpha value is -1.32. The summed E-state index contributed by atoms with van der Waals surface area (Å²) in [7, 11) is 3.66. The molecule has 0 aliphatic carbocycles. The number of hydrogen-bond acceptors (Lipinski definition) is 2. The summed E-state index contributed by atoms with van der Waals surface area (Å²) in [4.78, 5) is 23.3. The SMILES string of the molecule is CCCCCCCCC=CCCCCCCCC(=O)O.CCCCCCCCCCCC(=O)N(C)C. The fourth-order valence-corrected chi connectivity index (χ4v) is 4.16. The van der Waals surface area contributed by atoms with Crippen molar-refractivity contribution in [2.75, 3.05) is 14.1 Å². The fourth-order valence-electron chi connectivity index (χ4n) is 4.16. The van der Waals surface area contributed by atoms with Crippen molar-refractivity contribution >= 4 is 11.9 Å². The minimum Gasteiger partial charge on any atom is -0.481 e. The van der Waals surface area contributed by atoms with Crippen LogP contribution in [-0.4, -0.2) is 36.0 Å².